The van der Waals surface area contributed by atoms with Crippen molar-refractivity contribution in [1.29, 1.82) is 0 Å². The van der Waals surface area contributed by atoms with Gasteiger partial charge in [0.25, 0.3) is 5.91 Å². The number of aromatic amines is 1. The molecule has 0 spiro atoms. The summed E-state index contributed by atoms with van der Waals surface area (Å²) in [7, 11) is 0. The minimum atomic E-state index is -1.86. The number of aromatic nitrogens is 2. The lowest BCUT2D eigenvalue weighted by molar-refractivity contribution is -0.123. The number of likely N-dealkylation sites (tertiary alicyclic amines) is 1. The molecule has 0 aromatic carbocycles. The summed E-state index contributed by atoms with van der Waals surface area (Å²) in [5.74, 6) is -2.87. The predicted octanol–water partition coefficient (Wildman–Crippen LogP) is 0.508. The van der Waals surface area contributed by atoms with Crippen LogP contribution in [0, 0.1) is 5.92 Å². The molecule has 23 heavy (non-hydrogen) atoms. The molecule has 8 heteroatoms. The highest BCUT2D eigenvalue weighted by molar-refractivity contribution is 5.92. The number of halogens is 1. The first-order valence-corrected chi connectivity index (χ1v) is 7.90. The number of H-pyrrole nitrogens is 1. The zero-order valence-electron chi connectivity index (χ0n) is 13.3. The summed E-state index contributed by atoms with van der Waals surface area (Å²) in [5.41, 5.74) is 6.55. The number of carbonyl (C=O) groups is 2. The average Bonchev–Trinajstić information content (AvgIpc) is 2.93. The molecular formula is C15H22FN5O2. The quantitative estimate of drug-likeness (QED) is 0.702. The molecule has 1 aliphatic heterocycles. The van der Waals surface area contributed by atoms with E-state index in [4.69, 9.17) is 5.73 Å². The van der Waals surface area contributed by atoms with Crippen LogP contribution < -0.4 is 11.1 Å². The van der Waals surface area contributed by atoms with E-state index in [-0.39, 0.29) is 30.2 Å². The van der Waals surface area contributed by atoms with Gasteiger partial charge < -0.3 is 10.2 Å². The fourth-order valence-corrected chi connectivity index (χ4v) is 2.84. The van der Waals surface area contributed by atoms with Gasteiger partial charge in [-0.3, -0.25) is 20.4 Å². The number of alkyl halides is 1. The van der Waals surface area contributed by atoms with Crippen LogP contribution in [0.15, 0.2) is 6.07 Å². The molecular weight excluding hydrogens is 301 g/mol. The fraction of sp³-hybridized carbons (Fsp3) is 0.667. The monoisotopic (exact) mass is 323 g/mol. The SMILES string of the molecule is CC(C)c1cc(C(=O)N2CC[C@H](NC(=O)[C@@H]3C[C@]3(N)F)C2)[nH]n1. The highest BCUT2D eigenvalue weighted by Crippen LogP contribution is 2.42. The first-order chi connectivity index (χ1) is 10.8. The molecule has 1 saturated heterocycles. The van der Waals surface area contributed by atoms with Crippen LogP contribution in [0.25, 0.3) is 0 Å². The molecule has 3 rings (SSSR count). The summed E-state index contributed by atoms with van der Waals surface area (Å²) in [6, 6.07) is 1.60. The Morgan fingerprint density at radius 3 is 2.83 bits per heavy atom. The summed E-state index contributed by atoms with van der Waals surface area (Å²) in [5, 5.41) is 9.67. The summed E-state index contributed by atoms with van der Waals surface area (Å²) >= 11 is 0. The van der Waals surface area contributed by atoms with Crippen LogP contribution in [0.3, 0.4) is 0 Å². The van der Waals surface area contributed by atoms with Crippen molar-refractivity contribution in [2.75, 3.05) is 13.1 Å². The molecule has 0 radical (unpaired) electrons. The van der Waals surface area contributed by atoms with Gasteiger partial charge in [0, 0.05) is 25.6 Å². The number of nitrogens with zero attached hydrogens (tertiary/aromatic N) is 2. The maximum absolute atomic E-state index is 13.3. The average molecular weight is 323 g/mol. The van der Waals surface area contributed by atoms with E-state index in [0.717, 1.165) is 5.69 Å². The van der Waals surface area contributed by atoms with Crippen molar-refractivity contribution in [2.24, 2.45) is 11.7 Å². The lowest BCUT2D eigenvalue weighted by Gasteiger charge is -2.16. The number of rotatable bonds is 4. The standard InChI is InChI=1S/C15H22FN5O2/c1-8(2)11-5-12(20-19-11)14(23)21-4-3-9(7-21)18-13(22)10-6-15(10,16)17/h5,8-10H,3-4,6-7,17H2,1-2H3,(H,18,22)(H,19,20)/t9-,10-,15+/m0/s1. The molecule has 126 valence electrons. The van der Waals surface area contributed by atoms with Crippen LogP contribution in [0.2, 0.25) is 0 Å². The van der Waals surface area contributed by atoms with Crippen molar-refractivity contribution in [1.82, 2.24) is 20.4 Å². The van der Waals surface area contributed by atoms with Crippen LogP contribution in [0.4, 0.5) is 4.39 Å². The topological polar surface area (TPSA) is 104 Å². The van der Waals surface area contributed by atoms with Gasteiger partial charge in [-0.15, -0.1) is 0 Å². The van der Waals surface area contributed by atoms with E-state index in [2.05, 4.69) is 15.5 Å². The third-order valence-corrected chi connectivity index (χ3v) is 4.49. The summed E-state index contributed by atoms with van der Waals surface area (Å²) < 4.78 is 13.3. The minimum absolute atomic E-state index is 0.0698. The maximum atomic E-state index is 13.3. The molecule has 3 atom stereocenters. The zero-order valence-corrected chi connectivity index (χ0v) is 13.3. The Labute approximate surface area is 133 Å². The molecule has 0 bridgehead atoms. The molecule has 1 aromatic rings. The number of carbonyl (C=O) groups excluding carboxylic acids is 2. The Morgan fingerprint density at radius 2 is 2.26 bits per heavy atom. The molecule has 1 aliphatic carbocycles. The third kappa shape index (κ3) is 3.21. The van der Waals surface area contributed by atoms with Gasteiger partial charge in [0.15, 0.2) is 5.79 Å². The first kappa shape index (κ1) is 15.9. The summed E-state index contributed by atoms with van der Waals surface area (Å²) in [4.78, 5) is 25.9. The molecule has 1 aromatic heterocycles. The van der Waals surface area contributed by atoms with Gasteiger partial charge in [-0.2, -0.15) is 5.10 Å². The Morgan fingerprint density at radius 1 is 1.57 bits per heavy atom. The highest BCUT2D eigenvalue weighted by Gasteiger charge is 2.57. The van der Waals surface area contributed by atoms with E-state index in [1.807, 2.05) is 13.8 Å². The molecule has 0 unspecified atom stereocenters. The molecule has 2 aliphatic rings. The highest BCUT2D eigenvalue weighted by atomic mass is 19.1. The number of nitrogens with one attached hydrogen (secondary N) is 2. The van der Waals surface area contributed by atoms with E-state index in [0.29, 0.717) is 25.2 Å². The van der Waals surface area contributed by atoms with Crippen LogP contribution in [0.5, 0.6) is 0 Å². The van der Waals surface area contributed by atoms with Gasteiger partial charge >= 0.3 is 0 Å². The van der Waals surface area contributed by atoms with Gasteiger partial charge in [0.2, 0.25) is 5.91 Å². The summed E-state index contributed by atoms with van der Waals surface area (Å²) in [6.07, 6.45) is 0.722. The second-order valence-electron chi connectivity index (χ2n) is 6.79. The zero-order chi connectivity index (χ0) is 16.8. The molecule has 4 N–H and O–H groups in total. The van der Waals surface area contributed by atoms with Gasteiger partial charge in [-0.25, -0.2) is 4.39 Å². The lowest BCUT2D eigenvalue weighted by atomic mass is 10.1. The molecule has 2 fully saturated rings. The molecule has 2 amide bonds. The Bertz CT molecular complexity index is 627. The van der Waals surface area contributed by atoms with Gasteiger partial charge in [-0.1, -0.05) is 13.8 Å². The van der Waals surface area contributed by atoms with Crippen molar-refractivity contribution in [3.63, 3.8) is 0 Å². The van der Waals surface area contributed by atoms with Crippen LogP contribution >= 0.6 is 0 Å². The predicted molar refractivity (Wildman–Crippen MR) is 81.3 cm³/mol. The number of hydrogen-bond donors (Lipinski definition) is 3. The molecule has 2 heterocycles. The van der Waals surface area contributed by atoms with Crippen molar-refractivity contribution in [3.05, 3.63) is 17.5 Å². The summed E-state index contributed by atoms with van der Waals surface area (Å²) in [6.45, 7) is 4.98. The smallest absolute Gasteiger partial charge is 0.271 e. The number of amides is 2. The van der Waals surface area contributed by atoms with Crippen molar-refractivity contribution in [3.8, 4) is 0 Å². The van der Waals surface area contributed by atoms with Gasteiger partial charge in [-0.05, 0) is 18.4 Å². The van der Waals surface area contributed by atoms with Crippen LogP contribution in [-0.2, 0) is 4.79 Å². The minimum Gasteiger partial charge on any atom is -0.351 e. The number of hydrogen-bond acceptors (Lipinski definition) is 4. The van der Waals surface area contributed by atoms with Crippen molar-refractivity contribution in [2.45, 2.75) is 44.4 Å². The van der Waals surface area contributed by atoms with Gasteiger partial charge in [0.05, 0.1) is 11.6 Å². The largest absolute Gasteiger partial charge is 0.351 e. The van der Waals surface area contributed by atoms with Crippen molar-refractivity contribution < 1.29 is 14.0 Å². The van der Waals surface area contributed by atoms with E-state index in [1.54, 1.807) is 11.0 Å². The second-order valence-corrected chi connectivity index (χ2v) is 6.79. The Kier molecular flexibility index (Phi) is 3.87. The Balaban J connectivity index is 1.54. The van der Waals surface area contributed by atoms with E-state index >= 15 is 0 Å². The fourth-order valence-electron chi connectivity index (χ4n) is 2.84. The lowest BCUT2D eigenvalue weighted by Crippen LogP contribution is -2.41. The third-order valence-electron chi connectivity index (χ3n) is 4.49. The second kappa shape index (κ2) is 5.59. The van der Waals surface area contributed by atoms with E-state index in [1.165, 1.54) is 0 Å². The first-order valence-electron chi connectivity index (χ1n) is 7.90. The van der Waals surface area contributed by atoms with E-state index < -0.39 is 11.7 Å². The number of nitrogens with two attached hydrogens (primary N) is 1. The Hall–Kier alpha value is -1.96. The molecule has 1 saturated carbocycles. The molecule has 7 nitrogen and oxygen atoms in total. The maximum Gasteiger partial charge on any atom is 0.271 e. The van der Waals surface area contributed by atoms with E-state index in [9.17, 15) is 14.0 Å². The van der Waals surface area contributed by atoms with Crippen molar-refractivity contribution >= 4 is 11.8 Å². The van der Waals surface area contributed by atoms with Crippen LogP contribution in [0.1, 0.15) is 48.8 Å². The van der Waals surface area contributed by atoms with Gasteiger partial charge in [0.1, 0.15) is 5.69 Å². The van der Waals surface area contributed by atoms with Crippen LogP contribution in [-0.4, -0.2) is 51.8 Å². The normalized spacial score (nSPS) is 29.9.